The van der Waals surface area contributed by atoms with Gasteiger partial charge in [0.05, 0.1) is 22.4 Å². The van der Waals surface area contributed by atoms with E-state index in [1.165, 1.54) is 17.5 Å². The molecule has 2 fully saturated rings. The first kappa shape index (κ1) is 23.3. The molecule has 0 unspecified atom stereocenters. The first-order valence-electron chi connectivity index (χ1n) is 13.6. The molecule has 5 aromatic heterocycles. The van der Waals surface area contributed by atoms with E-state index in [0.29, 0.717) is 18.0 Å². The SMILES string of the molecule is Cc1c(-c2[nH]c3ccc(N4C[C@@H]5C[C@H]4CCN5Cc4cn(C)nn4)nc3c2C(C)C)cn2ncnc2c1C. The molecule has 2 aliphatic rings. The minimum Gasteiger partial charge on any atom is -0.353 e. The summed E-state index contributed by atoms with van der Waals surface area (Å²) in [6.07, 6.45) is 8.05. The number of H-pyrrole nitrogens is 1. The van der Waals surface area contributed by atoms with Crippen molar-refractivity contribution in [3.05, 3.63) is 53.2 Å². The maximum absolute atomic E-state index is 5.32. The number of hydrogen-bond donors (Lipinski definition) is 1. The van der Waals surface area contributed by atoms with Gasteiger partial charge >= 0.3 is 0 Å². The molecule has 0 spiro atoms. The normalized spacial score (nSPS) is 20.0. The minimum absolute atomic E-state index is 0.313. The molecular weight excluding hydrogens is 476 g/mol. The van der Waals surface area contributed by atoms with Gasteiger partial charge in [0.1, 0.15) is 12.1 Å². The Bertz CT molecular complexity index is 1660. The molecule has 0 saturated carbocycles. The van der Waals surface area contributed by atoms with E-state index in [2.05, 4.69) is 81.2 Å². The first-order valence-corrected chi connectivity index (χ1v) is 13.6. The van der Waals surface area contributed by atoms with Crippen LogP contribution in [0.4, 0.5) is 5.82 Å². The van der Waals surface area contributed by atoms with Gasteiger partial charge in [-0.05, 0) is 55.9 Å². The second kappa shape index (κ2) is 8.62. The largest absolute Gasteiger partial charge is 0.353 e. The van der Waals surface area contributed by atoms with Gasteiger partial charge in [0, 0.05) is 62.3 Å². The average Bonchev–Trinajstić information content (AvgIpc) is 3.67. The topological polar surface area (TPSA) is 96.1 Å². The molecule has 2 atom stereocenters. The second-order valence-electron chi connectivity index (χ2n) is 11.3. The number of aromatic amines is 1. The zero-order chi connectivity index (χ0) is 26.1. The number of piperidine rings is 1. The Morgan fingerprint density at radius 3 is 2.76 bits per heavy atom. The van der Waals surface area contributed by atoms with Crippen LogP contribution in [0.3, 0.4) is 0 Å². The van der Waals surface area contributed by atoms with Crippen molar-refractivity contribution in [3.8, 4) is 11.3 Å². The number of aryl methyl sites for hydroxylation is 2. The van der Waals surface area contributed by atoms with E-state index in [1.54, 1.807) is 11.0 Å². The van der Waals surface area contributed by atoms with Gasteiger partial charge in [0.15, 0.2) is 5.65 Å². The Kier molecular flexibility index (Phi) is 5.30. The average molecular weight is 511 g/mol. The van der Waals surface area contributed by atoms with Crippen molar-refractivity contribution in [1.82, 2.24) is 44.5 Å². The molecule has 5 aromatic rings. The summed E-state index contributed by atoms with van der Waals surface area (Å²) in [6, 6.07) is 5.45. The van der Waals surface area contributed by atoms with Gasteiger partial charge in [-0.3, -0.25) is 9.58 Å². The summed E-state index contributed by atoms with van der Waals surface area (Å²) in [6.45, 7) is 11.7. The Morgan fingerprint density at radius 1 is 1.11 bits per heavy atom. The van der Waals surface area contributed by atoms with Crippen LogP contribution < -0.4 is 4.90 Å². The van der Waals surface area contributed by atoms with Gasteiger partial charge in [-0.25, -0.2) is 14.5 Å². The third kappa shape index (κ3) is 3.61. The summed E-state index contributed by atoms with van der Waals surface area (Å²) in [5.41, 5.74) is 10.0. The van der Waals surface area contributed by atoms with Crippen LogP contribution in [-0.2, 0) is 13.6 Å². The molecule has 0 amide bonds. The molecule has 196 valence electrons. The predicted octanol–water partition coefficient (Wildman–Crippen LogP) is 3.99. The molecule has 0 radical (unpaired) electrons. The number of nitrogens with one attached hydrogen (secondary N) is 1. The lowest BCUT2D eigenvalue weighted by Crippen LogP contribution is -2.39. The van der Waals surface area contributed by atoms with Gasteiger partial charge in [0.25, 0.3) is 0 Å². The molecule has 7 heterocycles. The van der Waals surface area contributed by atoms with E-state index >= 15 is 0 Å². The van der Waals surface area contributed by atoms with Crippen LogP contribution in [0.5, 0.6) is 0 Å². The zero-order valence-corrected chi connectivity index (χ0v) is 22.7. The zero-order valence-electron chi connectivity index (χ0n) is 22.7. The van der Waals surface area contributed by atoms with Gasteiger partial charge in [-0.2, -0.15) is 5.10 Å². The summed E-state index contributed by atoms with van der Waals surface area (Å²) in [4.78, 5) is 18.6. The lowest BCUT2D eigenvalue weighted by Gasteiger charge is -2.31. The molecule has 0 aliphatic carbocycles. The van der Waals surface area contributed by atoms with E-state index in [9.17, 15) is 0 Å². The number of rotatable bonds is 5. The number of hydrogen-bond acceptors (Lipinski definition) is 7. The lowest BCUT2D eigenvalue weighted by molar-refractivity contribution is 0.166. The van der Waals surface area contributed by atoms with Gasteiger partial charge in [0.2, 0.25) is 0 Å². The number of aromatic nitrogens is 8. The fourth-order valence-corrected chi connectivity index (χ4v) is 6.56. The molecule has 38 heavy (non-hydrogen) atoms. The maximum atomic E-state index is 5.32. The highest BCUT2D eigenvalue weighted by Crippen LogP contribution is 2.39. The van der Waals surface area contributed by atoms with Crippen molar-refractivity contribution in [3.63, 3.8) is 0 Å². The Balaban J connectivity index is 1.24. The third-order valence-electron chi connectivity index (χ3n) is 8.61. The van der Waals surface area contributed by atoms with E-state index in [0.717, 1.165) is 71.1 Å². The molecule has 10 nitrogen and oxygen atoms in total. The van der Waals surface area contributed by atoms with Crippen molar-refractivity contribution in [1.29, 1.82) is 0 Å². The molecule has 7 rings (SSSR count). The van der Waals surface area contributed by atoms with Crippen molar-refractivity contribution in [2.45, 2.75) is 65.1 Å². The predicted molar refractivity (Wildman–Crippen MR) is 147 cm³/mol. The van der Waals surface area contributed by atoms with Gasteiger partial charge < -0.3 is 9.88 Å². The molecule has 1 N–H and O–H groups in total. The van der Waals surface area contributed by atoms with E-state index < -0.39 is 0 Å². The van der Waals surface area contributed by atoms with Crippen molar-refractivity contribution < 1.29 is 0 Å². The minimum atomic E-state index is 0.313. The number of fused-ring (bicyclic) bond motifs is 4. The monoisotopic (exact) mass is 510 g/mol. The highest BCUT2D eigenvalue weighted by molar-refractivity contribution is 5.90. The summed E-state index contributed by atoms with van der Waals surface area (Å²) >= 11 is 0. The van der Waals surface area contributed by atoms with Crippen LogP contribution in [0, 0.1) is 13.8 Å². The molecule has 10 heteroatoms. The lowest BCUT2D eigenvalue weighted by atomic mass is 9.95. The third-order valence-corrected chi connectivity index (χ3v) is 8.61. The molecule has 2 aliphatic heterocycles. The highest BCUT2D eigenvalue weighted by atomic mass is 15.4. The highest BCUT2D eigenvalue weighted by Gasteiger charge is 2.40. The van der Waals surface area contributed by atoms with Crippen molar-refractivity contribution >= 4 is 22.5 Å². The smallest absolute Gasteiger partial charge is 0.158 e. The number of nitrogens with zero attached hydrogens (tertiary/aromatic N) is 9. The van der Waals surface area contributed by atoms with E-state index in [-0.39, 0.29) is 0 Å². The van der Waals surface area contributed by atoms with Crippen molar-refractivity contribution in [2.75, 3.05) is 18.0 Å². The Labute approximate surface area is 221 Å². The summed E-state index contributed by atoms with van der Waals surface area (Å²) in [5, 5.41) is 12.9. The molecule has 0 aromatic carbocycles. The first-order chi connectivity index (χ1) is 18.4. The van der Waals surface area contributed by atoms with Crippen molar-refractivity contribution in [2.24, 2.45) is 7.05 Å². The molecule has 2 saturated heterocycles. The number of likely N-dealkylation sites (tertiary alicyclic amines) is 1. The van der Waals surface area contributed by atoms with Crippen LogP contribution in [0.25, 0.3) is 27.9 Å². The van der Waals surface area contributed by atoms with E-state index in [1.807, 2.05) is 17.8 Å². The number of anilines is 1. The van der Waals surface area contributed by atoms with Crippen LogP contribution >= 0.6 is 0 Å². The number of pyridine rings is 2. The summed E-state index contributed by atoms with van der Waals surface area (Å²) in [7, 11) is 1.93. The summed E-state index contributed by atoms with van der Waals surface area (Å²) < 4.78 is 3.66. The maximum Gasteiger partial charge on any atom is 0.158 e. The van der Waals surface area contributed by atoms with Gasteiger partial charge in [-0.1, -0.05) is 19.1 Å². The molecular formula is C28H34N10. The fourth-order valence-electron chi connectivity index (χ4n) is 6.56. The van der Waals surface area contributed by atoms with Crippen LogP contribution in [0.15, 0.2) is 30.9 Å². The Morgan fingerprint density at radius 2 is 1.97 bits per heavy atom. The quantitative estimate of drug-likeness (QED) is 0.382. The second-order valence-corrected chi connectivity index (χ2v) is 11.3. The van der Waals surface area contributed by atoms with Gasteiger partial charge in [-0.15, -0.1) is 5.10 Å². The van der Waals surface area contributed by atoms with Crippen LogP contribution in [0.1, 0.15) is 55.0 Å². The molecule has 2 bridgehead atoms. The standard InChI is InChI=1S/C28H34N10/c1-16(2)25-26(22-14-38-28(29-15-30-38)18(4)17(22)3)31-23-6-7-24(32-27(23)25)37-13-21-10-20(37)8-9-36(21)12-19-11-35(5)34-33-19/h6-7,11,14-16,20-21,31H,8-10,12-13H2,1-5H3/t20-,21+/m1/s1. The van der Waals surface area contributed by atoms with Crippen LogP contribution in [-0.4, -0.2) is 69.6 Å². The van der Waals surface area contributed by atoms with Crippen LogP contribution in [0.2, 0.25) is 0 Å². The fraction of sp³-hybridized carbons (Fsp3) is 0.464. The Hall–Kier alpha value is -3.79. The summed E-state index contributed by atoms with van der Waals surface area (Å²) in [5.74, 6) is 1.39. The van der Waals surface area contributed by atoms with E-state index in [4.69, 9.17) is 4.98 Å².